The second kappa shape index (κ2) is 6.96. The van der Waals surface area contributed by atoms with E-state index in [2.05, 4.69) is 5.32 Å². The van der Waals surface area contributed by atoms with Crippen molar-refractivity contribution in [1.82, 2.24) is 10.1 Å². The maximum Gasteiger partial charge on any atom is 0.358 e. The van der Waals surface area contributed by atoms with Gasteiger partial charge in [-0.1, -0.05) is 72.8 Å². The molecule has 1 unspecified atom stereocenters. The zero-order valence-corrected chi connectivity index (χ0v) is 14.8. The van der Waals surface area contributed by atoms with Crippen molar-refractivity contribution in [2.24, 2.45) is 0 Å². The van der Waals surface area contributed by atoms with Gasteiger partial charge in [0.25, 0.3) is 0 Å². The molecule has 5 heteroatoms. The molecule has 3 aromatic carbocycles. The lowest BCUT2D eigenvalue weighted by Crippen LogP contribution is -2.31. The van der Waals surface area contributed by atoms with Gasteiger partial charge in [0.05, 0.1) is 12.1 Å². The third-order valence-electron chi connectivity index (χ3n) is 4.54. The van der Waals surface area contributed by atoms with Crippen LogP contribution in [0.3, 0.4) is 0 Å². The normalized spacial score (nSPS) is 12.0. The molecule has 1 aromatic heterocycles. The Kier molecular flexibility index (Phi) is 4.34. The first-order valence-electron chi connectivity index (χ1n) is 8.71. The van der Waals surface area contributed by atoms with E-state index in [1.807, 2.05) is 79.7 Å². The van der Waals surface area contributed by atoms with Gasteiger partial charge in [0, 0.05) is 5.56 Å². The monoisotopic (exact) mass is 358 g/mol. The molecule has 27 heavy (non-hydrogen) atoms. The Labute approximate surface area is 155 Å². The van der Waals surface area contributed by atoms with E-state index in [4.69, 9.17) is 4.52 Å². The minimum absolute atomic E-state index is 0.264. The fourth-order valence-corrected chi connectivity index (χ4v) is 3.25. The van der Waals surface area contributed by atoms with Gasteiger partial charge < -0.3 is 9.84 Å². The van der Waals surface area contributed by atoms with Crippen LogP contribution in [0.5, 0.6) is 0 Å². The van der Waals surface area contributed by atoms with Crippen LogP contribution >= 0.6 is 0 Å². The van der Waals surface area contributed by atoms with Gasteiger partial charge in [-0.3, -0.25) is 0 Å². The smallest absolute Gasteiger partial charge is 0.329 e. The number of nitrogens with zero attached hydrogens (tertiary/aromatic N) is 1. The van der Waals surface area contributed by atoms with Crippen LogP contribution in [-0.4, -0.2) is 10.8 Å². The summed E-state index contributed by atoms with van der Waals surface area (Å²) in [5.74, 6) is 0. The summed E-state index contributed by atoms with van der Waals surface area (Å²) < 4.78 is 6.12. The first-order valence-corrected chi connectivity index (χ1v) is 8.71. The highest BCUT2D eigenvalue weighted by atomic mass is 16.5. The van der Waals surface area contributed by atoms with E-state index >= 15 is 0 Å². The van der Waals surface area contributed by atoms with E-state index in [-0.39, 0.29) is 6.04 Å². The van der Waals surface area contributed by atoms with Crippen molar-refractivity contribution in [3.63, 3.8) is 0 Å². The van der Waals surface area contributed by atoms with Crippen molar-refractivity contribution in [3.8, 4) is 11.3 Å². The molecule has 0 spiro atoms. The molecule has 0 aliphatic carbocycles. The van der Waals surface area contributed by atoms with E-state index in [0.717, 1.165) is 26.6 Å². The summed E-state index contributed by atoms with van der Waals surface area (Å²) in [6.45, 7) is 1.91. The Balaban J connectivity index is 1.66. The van der Waals surface area contributed by atoms with E-state index in [9.17, 15) is 9.59 Å². The molecule has 4 aromatic rings. The fourth-order valence-electron chi connectivity index (χ4n) is 3.25. The molecule has 0 saturated heterocycles. The molecule has 1 atom stereocenters. The fraction of sp³-hybridized carbons (Fsp3) is 0.0909. The maximum atomic E-state index is 12.8. The highest BCUT2D eigenvalue weighted by molar-refractivity contribution is 5.87. The van der Waals surface area contributed by atoms with Crippen LogP contribution in [0, 0.1) is 0 Å². The molecular weight excluding hydrogens is 340 g/mol. The van der Waals surface area contributed by atoms with Gasteiger partial charge in [-0.05, 0) is 23.3 Å². The van der Waals surface area contributed by atoms with E-state index in [1.54, 1.807) is 0 Å². The molecule has 0 saturated carbocycles. The molecule has 1 heterocycles. The number of amides is 1. The number of carbonyl (C=O) groups is 1. The molecular formula is C22H18N2O3. The highest BCUT2D eigenvalue weighted by Crippen LogP contribution is 2.24. The van der Waals surface area contributed by atoms with Crippen molar-refractivity contribution in [3.05, 3.63) is 94.8 Å². The lowest BCUT2D eigenvalue weighted by atomic mass is 10.00. The topological polar surface area (TPSA) is 64.2 Å². The number of hydrogen-bond donors (Lipinski definition) is 1. The molecule has 0 aliphatic rings. The SMILES string of the molecule is CC(NC(=O)n1oc(=O)cc1-c1ccccc1)c1cccc2ccccc12. The quantitative estimate of drug-likeness (QED) is 0.583. The number of carbonyl (C=O) groups excluding carboxylic acids is 1. The zero-order valence-electron chi connectivity index (χ0n) is 14.8. The molecule has 1 N–H and O–H groups in total. The average Bonchev–Trinajstić information content (AvgIpc) is 3.10. The Hall–Kier alpha value is -3.60. The van der Waals surface area contributed by atoms with Crippen molar-refractivity contribution in [2.45, 2.75) is 13.0 Å². The number of rotatable bonds is 3. The standard InChI is InChI=1S/C22H18N2O3/c1-15(18-13-7-11-16-8-5-6-12-19(16)18)23-22(26)24-20(14-21(25)27-24)17-9-3-2-4-10-17/h2-15H,1H3,(H,23,26). The van der Waals surface area contributed by atoms with Crippen molar-refractivity contribution in [1.29, 1.82) is 0 Å². The van der Waals surface area contributed by atoms with Gasteiger partial charge in [-0.2, -0.15) is 0 Å². The molecule has 5 nitrogen and oxygen atoms in total. The first kappa shape index (κ1) is 16.8. The minimum Gasteiger partial charge on any atom is -0.329 e. The van der Waals surface area contributed by atoms with E-state index in [1.165, 1.54) is 6.07 Å². The number of fused-ring (bicyclic) bond motifs is 1. The predicted octanol–water partition coefficient (Wildman–Crippen LogP) is 4.58. The van der Waals surface area contributed by atoms with Crippen LogP contribution in [0.15, 0.2) is 88.2 Å². The number of hydrogen-bond acceptors (Lipinski definition) is 3. The average molecular weight is 358 g/mol. The highest BCUT2D eigenvalue weighted by Gasteiger charge is 2.19. The molecule has 0 bridgehead atoms. The first-order chi connectivity index (χ1) is 13.1. The molecule has 0 radical (unpaired) electrons. The Morgan fingerprint density at radius 1 is 0.963 bits per heavy atom. The third-order valence-corrected chi connectivity index (χ3v) is 4.54. The Bertz CT molecular complexity index is 1150. The van der Waals surface area contributed by atoms with Gasteiger partial charge in [0.2, 0.25) is 0 Å². The van der Waals surface area contributed by atoms with Gasteiger partial charge >= 0.3 is 11.7 Å². The lowest BCUT2D eigenvalue weighted by molar-refractivity contribution is 0.205. The third kappa shape index (κ3) is 3.27. The molecule has 134 valence electrons. The maximum absolute atomic E-state index is 12.8. The zero-order chi connectivity index (χ0) is 18.8. The van der Waals surface area contributed by atoms with Gasteiger partial charge in [-0.25, -0.2) is 9.59 Å². The van der Waals surface area contributed by atoms with Crippen LogP contribution in [0.4, 0.5) is 4.79 Å². The summed E-state index contributed by atoms with van der Waals surface area (Å²) in [6, 6.07) is 23.8. The summed E-state index contributed by atoms with van der Waals surface area (Å²) in [4.78, 5) is 24.5. The Morgan fingerprint density at radius 3 is 2.48 bits per heavy atom. The second-order valence-corrected chi connectivity index (χ2v) is 6.34. The van der Waals surface area contributed by atoms with Crippen LogP contribution < -0.4 is 10.9 Å². The van der Waals surface area contributed by atoms with E-state index in [0.29, 0.717) is 5.69 Å². The lowest BCUT2D eigenvalue weighted by Gasteiger charge is -2.17. The van der Waals surface area contributed by atoms with Gasteiger partial charge in [0.1, 0.15) is 5.69 Å². The number of benzene rings is 3. The number of aromatic nitrogens is 1. The summed E-state index contributed by atoms with van der Waals surface area (Å²) in [6.07, 6.45) is 0. The predicted molar refractivity (Wildman–Crippen MR) is 105 cm³/mol. The molecule has 1 amide bonds. The minimum atomic E-state index is -0.568. The van der Waals surface area contributed by atoms with Crippen molar-refractivity contribution in [2.75, 3.05) is 0 Å². The van der Waals surface area contributed by atoms with Crippen LogP contribution in [-0.2, 0) is 0 Å². The van der Waals surface area contributed by atoms with Crippen LogP contribution in [0.25, 0.3) is 22.0 Å². The summed E-state index contributed by atoms with van der Waals surface area (Å²) in [7, 11) is 0. The molecule has 4 rings (SSSR count). The summed E-state index contributed by atoms with van der Waals surface area (Å²) >= 11 is 0. The number of nitrogens with one attached hydrogen (secondary N) is 1. The van der Waals surface area contributed by atoms with Crippen LogP contribution in [0.2, 0.25) is 0 Å². The van der Waals surface area contributed by atoms with Gasteiger partial charge in [-0.15, -0.1) is 4.74 Å². The van der Waals surface area contributed by atoms with Crippen LogP contribution in [0.1, 0.15) is 18.5 Å². The second-order valence-electron chi connectivity index (χ2n) is 6.34. The molecule has 0 fully saturated rings. The molecule has 0 aliphatic heterocycles. The summed E-state index contributed by atoms with van der Waals surface area (Å²) in [5.41, 5.74) is 1.58. The largest absolute Gasteiger partial charge is 0.358 e. The van der Waals surface area contributed by atoms with Gasteiger partial charge in [0.15, 0.2) is 0 Å². The summed E-state index contributed by atoms with van der Waals surface area (Å²) in [5, 5.41) is 5.10. The van der Waals surface area contributed by atoms with Crippen molar-refractivity contribution < 1.29 is 9.32 Å². The van der Waals surface area contributed by atoms with Crippen molar-refractivity contribution >= 4 is 16.8 Å². The Morgan fingerprint density at radius 2 is 1.67 bits per heavy atom. The van der Waals surface area contributed by atoms with E-state index < -0.39 is 11.7 Å².